The predicted molar refractivity (Wildman–Crippen MR) is 76.2 cm³/mol. The summed E-state index contributed by atoms with van der Waals surface area (Å²) in [5.41, 5.74) is 3.02. The van der Waals surface area contributed by atoms with Gasteiger partial charge in [-0.1, -0.05) is 0 Å². The minimum Gasteiger partial charge on any atom is -0.460 e. The van der Waals surface area contributed by atoms with Crippen molar-refractivity contribution in [2.75, 3.05) is 6.54 Å². The van der Waals surface area contributed by atoms with Crippen molar-refractivity contribution in [1.82, 2.24) is 5.32 Å². The number of aryl methyl sites for hydroxylation is 2. The van der Waals surface area contributed by atoms with Crippen molar-refractivity contribution < 1.29 is 9.52 Å². The zero-order chi connectivity index (χ0) is 13.5. The highest BCUT2D eigenvalue weighted by atomic mass is 16.3. The Balaban J connectivity index is 1.68. The summed E-state index contributed by atoms with van der Waals surface area (Å²) < 4.78 is 5.83. The number of hydrogen-bond donors (Lipinski definition) is 2. The highest BCUT2D eigenvalue weighted by molar-refractivity contribution is 5.79. The first-order valence-corrected chi connectivity index (χ1v) is 6.99. The van der Waals surface area contributed by atoms with Crippen LogP contribution < -0.4 is 5.32 Å². The maximum atomic E-state index is 10.0. The summed E-state index contributed by atoms with van der Waals surface area (Å²) in [6.07, 6.45) is 2.97. The normalized spacial score (nSPS) is 17.6. The molecule has 1 fully saturated rings. The van der Waals surface area contributed by atoms with Gasteiger partial charge in [-0.05, 0) is 62.4 Å². The van der Waals surface area contributed by atoms with Crippen molar-refractivity contribution >= 4 is 11.0 Å². The molecule has 0 spiro atoms. The fourth-order valence-corrected chi connectivity index (χ4v) is 2.62. The van der Waals surface area contributed by atoms with Crippen molar-refractivity contribution in [3.8, 4) is 0 Å². The third-order valence-corrected chi connectivity index (χ3v) is 4.22. The SMILES string of the molecule is Cc1cc2cc(CNCC3(O)CCC3)oc2cc1C. The van der Waals surface area contributed by atoms with Crippen LogP contribution in [0.25, 0.3) is 11.0 Å². The van der Waals surface area contributed by atoms with Gasteiger partial charge in [0.15, 0.2) is 0 Å². The van der Waals surface area contributed by atoms with Gasteiger partial charge in [0, 0.05) is 11.9 Å². The van der Waals surface area contributed by atoms with E-state index in [9.17, 15) is 5.11 Å². The molecule has 3 heteroatoms. The molecule has 2 N–H and O–H groups in total. The Kier molecular flexibility index (Phi) is 3.11. The minimum absolute atomic E-state index is 0.473. The van der Waals surface area contributed by atoms with Crippen molar-refractivity contribution in [3.05, 3.63) is 35.1 Å². The smallest absolute Gasteiger partial charge is 0.134 e. The first kappa shape index (κ1) is 12.7. The molecule has 1 aliphatic carbocycles. The van der Waals surface area contributed by atoms with Gasteiger partial charge < -0.3 is 14.8 Å². The van der Waals surface area contributed by atoms with E-state index in [2.05, 4.69) is 37.4 Å². The second kappa shape index (κ2) is 4.66. The van der Waals surface area contributed by atoms with E-state index in [0.717, 1.165) is 36.0 Å². The Morgan fingerprint density at radius 2 is 1.95 bits per heavy atom. The summed E-state index contributed by atoms with van der Waals surface area (Å²) >= 11 is 0. The number of fused-ring (bicyclic) bond motifs is 1. The van der Waals surface area contributed by atoms with E-state index in [0.29, 0.717) is 13.1 Å². The van der Waals surface area contributed by atoms with Crippen LogP contribution in [0.2, 0.25) is 0 Å². The van der Waals surface area contributed by atoms with E-state index in [1.165, 1.54) is 11.1 Å². The molecule has 0 saturated heterocycles. The third-order valence-electron chi connectivity index (χ3n) is 4.22. The van der Waals surface area contributed by atoms with E-state index in [1.54, 1.807) is 0 Å². The Labute approximate surface area is 113 Å². The van der Waals surface area contributed by atoms with Gasteiger partial charge in [-0.25, -0.2) is 0 Å². The second-order valence-corrected chi connectivity index (χ2v) is 5.87. The van der Waals surface area contributed by atoms with E-state index < -0.39 is 5.60 Å². The lowest BCUT2D eigenvalue weighted by Crippen LogP contribution is -2.45. The topological polar surface area (TPSA) is 45.4 Å². The number of furan rings is 1. The average molecular weight is 259 g/mol. The van der Waals surface area contributed by atoms with Crippen LogP contribution in [0.15, 0.2) is 22.6 Å². The van der Waals surface area contributed by atoms with Gasteiger partial charge in [0.2, 0.25) is 0 Å². The average Bonchev–Trinajstić information content (AvgIpc) is 2.69. The molecule has 2 aromatic rings. The highest BCUT2D eigenvalue weighted by Crippen LogP contribution is 2.30. The standard InChI is InChI=1S/C16H21NO2/c1-11-6-13-8-14(19-15(13)7-12(11)2)9-17-10-16(18)4-3-5-16/h6-8,17-18H,3-5,9-10H2,1-2H3. The Morgan fingerprint density at radius 3 is 2.63 bits per heavy atom. The fourth-order valence-electron chi connectivity index (χ4n) is 2.62. The number of hydrogen-bond acceptors (Lipinski definition) is 3. The van der Waals surface area contributed by atoms with Crippen LogP contribution in [0, 0.1) is 13.8 Å². The zero-order valence-electron chi connectivity index (χ0n) is 11.6. The molecule has 1 aromatic heterocycles. The first-order chi connectivity index (χ1) is 9.06. The lowest BCUT2D eigenvalue weighted by molar-refractivity contribution is -0.0316. The van der Waals surface area contributed by atoms with E-state index in [4.69, 9.17) is 4.42 Å². The molecule has 1 saturated carbocycles. The van der Waals surface area contributed by atoms with Crippen LogP contribution in [0.4, 0.5) is 0 Å². The molecular formula is C16H21NO2. The summed E-state index contributed by atoms with van der Waals surface area (Å²) in [4.78, 5) is 0. The molecule has 3 nitrogen and oxygen atoms in total. The maximum Gasteiger partial charge on any atom is 0.134 e. The zero-order valence-corrected chi connectivity index (χ0v) is 11.6. The van der Waals surface area contributed by atoms with E-state index >= 15 is 0 Å². The predicted octanol–water partition coefficient (Wildman–Crippen LogP) is 3.05. The van der Waals surface area contributed by atoms with Crippen molar-refractivity contribution in [2.45, 2.75) is 45.3 Å². The third kappa shape index (κ3) is 2.53. The lowest BCUT2D eigenvalue weighted by atomic mass is 9.80. The number of benzene rings is 1. The molecule has 0 radical (unpaired) electrons. The Morgan fingerprint density at radius 1 is 1.21 bits per heavy atom. The number of nitrogens with one attached hydrogen (secondary N) is 1. The van der Waals surface area contributed by atoms with Crippen LogP contribution in [-0.4, -0.2) is 17.3 Å². The fraction of sp³-hybridized carbons (Fsp3) is 0.500. The molecule has 102 valence electrons. The van der Waals surface area contributed by atoms with Crippen molar-refractivity contribution in [1.29, 1.82) is 0 Å². The Bertz CT molecular complexity index is 557. The molecule has 19 heavy (non-hydrogen) atoms. The van der Waals surface area contributed by atoms with E-state index in [1.807, 2.05) is 0 Å². The van der Waals surface area contributed by atoms with E-state index in [-0.39, 0.29) is 0 Å². The second-order valence-electron chi connectivity index (χ2n) is 5.87. The van der Waals surface area contributed by atoms with Gasteiger partial charge >= 0.3 is 0 Å². The summed E-state index contributed by atoms with van der Waals surface area (Å²) in [5.74, 6) is 0.933. The lowest BCUT2D eigenvalue weighted by Gasteiger charge is -2.36. The van der Waals surface area contributed by atoms with Gasteiger partial charge in [-0.3, -0.25) is 0 Å². The van der Waals surface area contributed by atoms with Crippen LogP contribution in [0.3, 0.4) is 0 Å². The van der Waals surface area contributed by atoms with Crippen molar-refractivity contribution in [3.63, 3.8) is 0 Å². The molecule has 0 bridgehead atoms. The van der Waals surface area contributed by atoms with Crippen LogP contribution in [0.5, 0.6) is 0 Å². The molecular weight excluding hydrogens is 238 g/mol. The van der Waals surface area contributed by atoms with Gasteiger partial charge in [-0.2, -0.15) is 0 Å². The van der Waals surface area contributed by atoms with Gasteiger partial charge in [0.1, 0.15) is 11.3 Å². The Hall–Kier alpha value is -1.32. The summed E-state index contributed by atoms with van der Waals surface area (Å²) in [7, 11) is 0. The monoisotopic (exact) mass is 259 g/mol. The summed E-state index contributed by atoms with van der Waals surface area (Å²) in [6.45, 7) is 5.55. The summed E-state index contributed by atoms with van der Waals surface area (Å²) in [6, 6.07) is 6.34. The maximum absolute atomic E-state index is 10.0. The quantitative estimate of drug-likeness (QED) is 0.887. The molecule has 3 rings (SSSR count). The molecule has 0 unspecified atom stereocenters. The van der Waals surface area contributed by atoms with Crippen LogP contribution in [-0.2, 0) is 6.54 Å². The molecule has 0 amide bonds. The molecule has 0 aliphatic heterocycles. The molecule has 1 aromatic carbocycles. The van der Waals surface area contributed by atoms with Crippen LogP contribution in [0.1, 0.15) is 36.1 Å². The molecule has 1 aliphatic rings. The van der Waals surface area contributed by atoms with Gasteiger partial charge in [0.25, 0.3) is 0 Å². The number of rotatable bonds is 4. The van der Waals surface area contributed by atoms with Crippen LogP contribution >= 0.6 is 0 Å². The van der Waals surface area contributed by atoms with Crippen molar-refractivity contribution in [2.24, 2.45) is 0 Å². The van der Waals surface area contributed by atoms with Gasteiger partial charge in [0.05, 0.1) is 12.1 Å². The molecule has 1 heterocycles. The first-order valence-electron chi connectivity index (χ1n) is 6.99. The summed E-state index contributed by atoms with van der Waals surface area (Å²) in [5, 5.41) is 14.5. The largest absolute Gasteiger partial charge is 0.460 e. The minimum atomic E-state index is -0.473. The number of aliphatic hydroxyl groups is 1. The highest BCUT2D eigenvalue weighted by Gasteiger charge is 2.33. The van der Waals surface area contributed by atoms with Gasteiger partial charge in [-0.15, -0.1) is 0 Å². The molecule has 0 atom stereocenters.